The maximum absolute atomic E-state index is 11.1. The molecule has 156 valence electrons. The maximum Gasteiger partial charge on any atom is 0.269 e. The van der Waals surface area contributed by atoms with Gasteiger partial charge in [-0.25, -0.2) is 5.01 Å². The van der Waals surface area contributed by atoms with Gasteiger partial charge in [0.25, 0.3) is 5.69 Å². The van der Waals surface area contributed by atoms with Gasteiger partial charge >= 0.3 is 0 Å². The van der Waals surface area contributed by atoms with Gasteiger partial charge in [-0.05, 0) is 55.8 Å². The van der Waals surface area contributed by atoms with Crippen LogP contribution < -0.4 is 4.74 Å². The quantitative estimate of drug-likeness (QED) is 0.331. The minimum Gasteiger partial charge on any atom is -0.464 e. The molecule has 2 aliphatic rings. The van der Waals surface area contributed by atoms with Crippen molar-refractivity contribution < 1.29 is 9.66 Å². The fraction of sp³-hybridized carbons (Fsp3) is 0.208. The number of nitrogens with zero attached hydrogens (tertiary/aromatic N) is 3. The van der Waals surface area contributed by atoms with E-state index >= 15 is 0 Å². The highest BCUT2D eigenvalue weighted by Gasteiger charge is 2.41. The third-order valence-electron chi connectivity index (χ3n) is 5.84. The van der Waals surface area contributed by atoms with Gasteiger partial charge in [0, 0.05) is 39.7 Å². The van der Waals surface area contributed by atoms with Crippen molar-refractivity contribution >= 4 is 27.3 Å². The number of ether oxygens (including phenoxy) is 1. The van der Waals surface area contributed by atoms with Gasteiger partial charge in [0.1, 0.15) is 5.75 Å². The first-order valence-electron chi connectivity index (χ1n) is 10.0. The molecule has 0 unspecified atom stereocenters. The largest absolute Gasteiger partial charge is 0.464 e. The number of hydrogen-bond acceptors (Lipinski definition) is 5. The van der Waals surface area contributed by atoms with Gasteiger partial charge in [-0.15, -0.1) is 0 Å². The van der Waals surface area contributed by atoms with E-state index in [0.717, 1.165) is 39.0 Å². The zero-order valence-electron chi connectivity index (χ0n) is 17.1. The molecule has 0 saturated heterocycles. The summed E-state index contributed by atoms with van der Waals surface area (Å²) in [6.07, 6.45) is 0.308. The van der Waals surface area contributed by atoms with Crippen LogP contribution in [0.25, 0.3) is 0 Å². The van der Waals surface area contributed by atoms with Crippen molar-refractivity contribution in [1.82, 2.24) is 5.01 Å². The molecule has 6 nitrogen and oxygen atoms in total. The van der Waals surface area contributed by atoms with Crippen molar-refractivity contribution in [3.8, 4) is 5.75 Å². The number of hydrazone groups is 1. The summed E-state index contributed by atoms with van der Waals surface area (Å²) in [6.45, 7) is 4.18. The maximum atomic E-state index is 11.1. The van der Waals surface area contributed by atoms with Crippen molar-refractivity contribution in [3.63, 3.8) is 0 Å². The number of halogens is 1. The second-order valence-corrected chi connectivity index (χ2v) is 8.88. The lowest BCUT2D eigenvalue weighted by Gasteiger charge is -2.38. The van der Waals surface area contributed by atoms with E-state index in [4.69, 9.17) is 9.84 Å². The fourth-order valence-electron chi connectivity index (χ4n) is 4.25. The van der Waals surface area contributed by atoms with Crippen LogP contribution in [-0.4, -0.2) is 15.6 Å². The topological polar surface area (TPSA) is 68.0 Å². The molecule has 0 bridgehead atoms. The minimum atomic E-state index is -0.456. The number of nitro benzene ring substituents is 1. The van der Waals surface area contributed by atoms with E-state index in [0.29, 0.717) is 0 Å². The second-order valence-electron chi connectivity index (χ2n) is 7.97. The van der Waals surface area contributed by atoms with Gasteiger partial charge in [-0.2, -0.15) is 5.10 Å². The predicted molar refractivity (Wildman–Crippen MR) is 122 cm³/mol. The number of aryl methyl sites for hydroxylation is 2. The van der Waals surface area contributed by atoms with Crippen LogP contribution in [0.4, 0.5) is 5.69 Å². The van der Waals surface area contributed by atoms with E-state index in [9.17, 15) is 10.1 Å². The third kappa shape index (κ3) is 3.49. The number of fused-ring (bicyclic) bond motifs is 3. The molecule has 0 radical (unpaired) electrons. The predicted octanol–water partition coefficient (Wildman–Crippen LogP) is 6.22. The van der Waals surface area contributed by atoms with Crippen LogP contribution in [0.15, 0.2) is 70.2 Å². The zero-order valence-corrected chi connectivity index (χ0v) is 18.7. The summed E-state index contributed by atoms with van der Waals surface area (Å²) in [5.74, 6) is 0.810. The summed E-state index contributed by atoms with van der Waals surface area (Å²) in [7, 11) is 0. The Labute approximate surface area is 188 Å². The molecule has 0 aliphatic carbocycles. The van der Waals surface area contributed by atoms with Crippen LogP contribution in [0.1, 0.15) is 46.5 Å². The first-order valence-corrected chi connectivity index (χ1v) is 10.8. The van der Waals surface area contributed by atoms with Crippen LogP contribution in [0.5, 0.6) is 5.75 Å². The van der Waals surface area contributed by atoms with Gasteiger partial charge in [-0.1, -0.05) is 33.6 Å². The Morgan fingerprint density at radius 2 is 1.87 bits per heavy atom. The highest BCUT2D eigenvalue weighted by atomic mass is 79.9. The smallest absolute Gasteiger partial charge is 0.269 e. The van der Waals surface area contributed by atoms with E-state index in [-0.39, 0.29) is 11.7 Å². The highest BCUT2D eigenvalue weighted by Crippen LogP contribution is 2.48. The Hall–Kier alpha value is -3.19. The zero-order chi connectivity index (χ0) is 21.7. The van der Waals surface area contributed by atoms with Gasteiger partial charge in [0.05, 0.1) is 16.7 Å². The van der Waals surface area contributed by atoms with Gasteiger partial charge in [0.2, 0.25) is 6.23 Å². The highest BCUT2D eigenvalue weighted by molar-refractivity contribution is 9.10. The van der Waals surface area contributed by atoms with E-state index < -0.39 is 11.2 Å². The summed E-state index contributed by atoms with van der Waals surface area (Å²) < 4.78 is 7.34. The van der Waals surface area contributed by atoms with Crippen LogP contribution in [0.2, 0.25) is 0 Å². The number of non-ortho nitro benzene ring substituents is 1. The summed E-state index contributed by atoms with van der Waals surface area (Å²) in [5.41, 5.74) is 6.52. The number of rotatable bonds is 3. The van der Waals surface area contributed by atoms with E-state index in [1.807, 2.05) is 17.1 Å². The molecule has 0 amide bonds. The summed E-state index contributed by atoms with van der Waals surface area (Å²) in [6, 6.07) is 19.0. The fourth-order valence-corrected chi connectivity index (χ4v) is 4.63. The Kier molecular flexibility index (Phi) is 4.78. The van der Waals surface area contributed by atoms with E-state index in [2.05, 4.69) is 54.0 Å². The molecule has 7 heteroatoms. The first kappa shape index (κ1) is 19.8. The average Bonchev–Trinajstić information content (AvgIpc) is 3.20. The Balaban J connectivity index is 1.60. The molecule has 31 heavy (non-hydrogen) atoms. The van der Waals surface area contributed by atoms with Crippen molar-refractivity contribution in [2.75, 3.05) is 0 Å². The standard InChI is InChI=1S/C24H20BrN3O3/c1-14-3-4-15(2)19(11-14)21-13-22-20-12-17(25)7-10-23(20)31-24(27(22)26-21)16-5-8-18(9-6-16)28(29)30/h3-12,22,24H,13H2,1-2H3/t22-,24+/m0/s1. The molecule has 0 aromatic heterocycles. The Bertz CT molecular complexity index is 1220. The third-order valence-corrected chi connectivity index (χ3v) is 6.34. The molecule has 3 aromatic rings. The molecule has 2 heterocycles. The normalized spacial score (nSPS) is 19.3. The van der Waals surface area contributed by atoms with Crippen molar-refractivity contribution in [1.29, 1.82) is 0 Å². The van der Waals surface area contributed by atoms with Crippen LogP contribution in [0.3, 0.4) is 0 Å². The summed E-state index contributed by atoms with van der Waals surface area (Å²) in [5, 5.41) is 18.1. The number of hydrogen-bond donors (Lipinski definition) is 0. The van der Waals surface area contributed by atoms with Crippen LogP contribution in [0, 0.1) is 24.0 Å². The van der Waals surface area contributed by atoms with Gasteiger partial charge in [-0.3, -0.25) is 10.1 Å². The van der Waals surface area contributed by atoms with E-state index in [1.54, 1.807) is 12.1 Å². The summed E-state index contributed by atoms with van der Waals surface area (Å²) >= 11 is 3.57. The van der Waals surface area contributed by atoms with Gasteiger partial charge < -0.3 is 4.74 Å². The molecule has 2 aliphatic heterocycles. The lowest BCUT2D eigenvalue weighted by molar-refractivity contribution is -0.384. The monoisotopic (exact) mass is 477 g/mol. The number of nitro groups is 1. The second kappa shape index (κ2) is 7.50. The van der Waals surface area contributed by atoms with Gasteiger partial charge in [0.15, 0.2) is 0 Å². The molecule has 0 spiro atoms. The lowest BCUT2D eigenvalue weighted by atomic mass is 9.93. The molecular weight excluding hydrogens is 458 g/mol. The molecule has 5 rings (SSSR count). The first-order chi connectivity index (χ1) is 14.9. The molecule has 0 saturated carbocycles. The molecular formula is C24H20BrN3O3. The minimum absolute atomic E-state index is 0.0244. The average molecular weight is 478 g/mol. The van der Waals surface area contributed by atoms with E-state index in [1.165, 1.54) is 23.3 Å². The van der Waals surface area contributed by atoms with Crippen LogP contribution in [-0.2, 0) is 0 Å². The Morgan fingerprint density at radius 1 is 1.10 bits per heavy atom. The molecule has 2 atom stereocenters. The van der Waals surface area contributed by atoms with Crippen molar-refractivity contribution in [2.45, 2.75) is 32.5 Å². The number of benzene rings is 3. The van der Waals surface area contributed by atoms with Crippen molar-refractivity contribution in [3.05, 3.63) is 103 Å². The summed E-state index contributed by atoms with van der Waals surface area (Å²) in [4.78, 5) is 10.7. The molecule has 0 N–H and O–H groups in total. The Morgan fingerprint density at radius 3 is 2.61 bits per heavy atom. The SMILES string of the molecule is Cc1ccc(C)c(C2=NN3[C@@H](c4ccc([N+](=O)[O-])cc4)Oc4ccc(Br)cc4[C@@H]3C2)c1. The molecule has 3 aromatic carbocycles. The van der Waals surface area contributed by atoms with Crippen LogP contribution >= 0.6 is 15.9 Å². The van der Waals surface area contributed by atoms with Crippen molar-refractivity contribution in [2.24, 2.45) is 5.10 Å². The lowest BCUT2D eigenvalue weighted by Crippen LogP contribution is -2.33. The molecule has 0 fully saturated rings.